The lowest BCUT2D eigenvalue weighted by Crippen LogP contribution is -2.26. The average molecular weight is 401 g/mol. The number of hydrogen-bond donors (Lipinski definition) is 2. The van der Waals surface area contributed by atoms with Crippen LogP contribution in [0.3, 0.4) is 0 Å². The summed E-state index contributed by atoms with van der Waals surface area (Å²) in [7, 11) is 0. The second-order valence-corrected chi connectivity index (χ2v) is 7.16. The van der Waals surface area contributed by atoms with Crippen LogP contribution in [0.15, 0.2) is 53.0 Å². The third-order valence-electron chi connectivity index (χ3n) is 4.53. The first-order chi connectivity index (χ1) is 12.1. The molecule has 0 heterocycles. The van der Waals surface area contributed by atoms with Crippen LogP contribution < -0.4 is 10.6 Å². The second kappa shape index (κ2) is 8.30. The molecule has 0 bridgehead atoms. The highest BCUT2D eigenvalue weighted by Gasteiger charge is 2.22. The van der Waals surface area contributed by atoms with Crippen LogP contribution in [0.4, 0.5) is 11.4 Å². The van der Waals surface area contributed by atoms with E-state index in [1.165, 1.54) is 6.42 Å². The summed E-state index contributed by atoms with van der Waals surface area (Å²) in [6, 6.07) is 14.6. The van der Waals surface area contributed by atoms with Gasteiger partial charge in [0.25, 0.3) is 5.91 Å². The summed E-state index contributed by atoms with van der Waals surface area (Å²) in [6.07, 6.45) is 5.26. The zero-order valence-electron chi connectivity index (χ0n) is 13.9. The van der Waals surface area contributed by atoms with Gasteiger partial charge in [-0.2, -0.15) is 0 Å². The van der Waals surface area contributed by atoms with E-state index >= 15 is 0 Å². The lowest BCUT2D eigenvalue weighted by atomic mass is 9.88. The van der Waals surface area contributed by atoms with E-state index in [0.717, 1.165) is 30.2 Å². The van der Waals surface area contributed by atoms with Gasteiger partial charge in [0, 0.05) is 10.4 Å². The zero-order chi connectivity index (χ0) is 17.6. The van der Waals surface area contributed by atoms with Crippen molar-refractivity contribution in [2.75, 3.05) is 10.6 Å². The first-order valence-corrected chi connectivity index (χ1v) is 9.40. The molecule has 0 aliphatic heterocycles. The van der Waals surface area contributed by atoms with E-state index in [9.17, 15) is 9.59 Å². The number of halogens is 1. The van der Waals surface area contributed by atoms with Crippen molar-refractivity contribution in [3.05, 3.63) is 58.6 Å². The number of nitrogens with one attached hydrogen (secondary N) is 2. The Morgan fingerprint density at radius 2 is 1.48 bits per heavy atom. The largest absolute Gasteiger partial charge is 0.325 e. The maximum Gasteiger partial charge on any atom is 0.257 e. The number of rotatable bonds is 4. The smallest absolute Gasteiger partial charge is 0.257 e. The molecular formula is C20H21BrN2O2. The fourth-order valence-electron chi connectivity index (χ4n) is 3.14. The van der Waals surface area contributed by atoms with E-state index in [0.29, 0.717) is 16.9 Å². The van der Waals surface area contributed by atoms with E-state index < -0.39 is 0 Å². The Labute approximate surface area is 156 Å². The first kappa shape index (κ1) is 17.7. The van der Waals surface area contributed by atoms with Crippen molar-refractivity contribution in [2.45, 2.75) is 32.1 Å². The summed E-state index contributed by atoms with van der Waals surface area (Å²) in [5, 5.41) is 5.83. The molecule has 0 spiro atoms. The molecule has 1 saturated carbocycles. The molecule has 0 atom stereocenters. The molecule has 130 valence electrons. The third kappa shape index (κ3) is 4.48. The Morgan fingerprint density at radius 1 is 0.840 bits per heavy atom. The summed E-state index contributed by atoms with van der Waals surface area (Å²) < 4.78 is 0.812. The molecule has 5 heteroatoms. The minimum atomic E-state index is -0.244. The van der Waals surface area contributed by atoms with Gasteiger partial charge >= 0.3 is 0 Å². The van der Waals surface area contributed by atoms with Crippen LogP contribution in [0.5, 0.6) is 0 Å². The second-order valence-electron chi connectivity index (χ2n) is 6.30. The highest BCUT2D eigenvalue weighted by Crippen LogP contribution is 2.27. The van der Waals surface area contributed by atoms with Gasteiger partial charge in [-0.05, 0) is 53.0 Å². The molecule has 0 unspecified atom stereocenters. The van der Waals surface area contributed by atoms with E-state index in [1.54, 1.807) is 18.2 Å². The fourth-order valence-corrected chi connectivity index (χ4v) is 3.53. The van der Waals surface area contributed by atoms with Crippen molar-refractivity contribution in [3.63, 3.8) is 0 Å². The monoisotopic (exact) mass is 400 g/mol. The average Bonchev–Trinajstić information content (AvgIpc) is 2.64. The van der Waals surface area contributed by atoms with Crippen LogP contribution in [0.2, 0.25) is 0 Å². The first-order valence-electron chi connectivity index (χ1n) is 8.61. The molecule has 2 aromatic carbocycles. The Kier molecular flexibility index (Phi) is 5.87. The van der Waals surface area contributed by atoms with Gasteiger partial charge in [0.05, 0.1) is 16.9 Å². The third-order valence-corrected chi connectivity index (χ3v) is 5.22. The van der Waals surface area contributed by atoms with Crippen LogP contribution in [-0.2, 0) is 4.79 Å². The molecular weight excluding hydrogens is 380 g/mol. The minimum absolute atomic E-state index is 0.0147. The zero-order valence-corrected chi connectivity index (χ0v) is 15.5. The molecule has 0 saturated heterocycles. The van der Waals surface area contributed by atoms with Gasteiger partial charge in [-0.15, -0.1) is 0 Å². The number of amides is 2. The van der Waals surface area contributed by atoms with Crippen molar-refractivity contribution in [2.24, 2.45) is 5.92 Å². The Balaban J connectivity index is 1.75. The predicted molar refractivity (Wildman–Crippen MR) is 104 cm³/mol. The Morgan fingerprint density at radius 3 is 2.20 bits per heavy atom. The van der Waals surface area contributed by atoms with Gasteiger partial charge in [-0.25, -0.2) is 0 Å². The molecule has 1 aliphatic rings. The quantitative estimate of drug-likeness (QED) is 0.738. The van der Waals surface area contributed by atoms with Crippen molar-refractivity contribution < 1.29 is 9.59 Å². The van der Waals surface area contributed by atoms with E-state index in [2.05, 4.69) is 26.6 Å². The normalized spacial score (nSPS) is 14.8. The molecule has 2 amide bonds. The lowest BCUT2D eigenvalue weighted by molar-refractivity contribution is -0.120. The number of benzene rings is 2. The molecule has 0 aromatic heterocycles. The van der Waals surface area contributed by atoms with Crippen LogP contribution >= 0.6 is 15.9 Å². The van der Waals surface area contributed by atoms with Gasteiger partial charge < -0.3 is 10.6 Å². The van der Waals surface area contributed by atoms with Crippen molar-refractivity contribution in [1.82, 2.24) is 0 Å². The number of para-hydroxylation sites is 2. The molecule has 25 heavy (non-hydrogen) atoms. The van der Waals surface area contributed by atoms with Crippen LogP contribution in [0.25, 0.3) is 0 Å². The van der Waals surface area contributed by atoms with Crippen LogP contribution in [0.1, 0.15) is 42.5 Å². The predicted octanol–water partition coefficient (Wildman–Crippen LogP) is 5.22. The molecule has 2 aromatic rings. The SMILES string of the molecule is O=C(Nc1ccccc1Br)c1ccccc1NC(=O)C1CCCCC1. The highest BCUT2D eigenvalue weighted by atomic mass is 79.9. The van der Waals surface area contributed by atoms with E-state index in [4.69, 9.17) is 0 Å². The number of anilines is 2. The molecule has 4 nitrogen and oxygen atoms in total. The van der Waals surface area contributed by atoms with Crippen molar-refractivity contribution >= 4 is 39.1 Å². The van der Waals surface area contributed by atoms with Crippen LogP contribution in [0, 0.1) is 5.92 Å². The lowest BCUT2D eigenvalue weighted by Gasteiger charge is -2.21. The maximum atomic E-state index is 12.7. The van der Waals surface area contributed by atoms with Gasteiger partial charge in [-0.1, -0.05) is 43.5 Å². The highest BCUT2D eigenvalue weighted by molar-refractivity contribution is 9.10. The van der Waals surface area contributed by atoms with Gasteiger partial charge in [0.2, 0.25) is 5.91 Å². The number of carbonyl (C=O) groups excluding carboxylic acids is 2. The van der Waals surface area contributed by atoms with Crippen molar-refractivity contribution in [1.29, 1.82) is 0 Å². The minimum Gasteiger partial charge on any atom is -0.325 e. The molecule has 0 radical (unpaired) electrons. The number of carbonyl (C=O) groups is 2. The fraction of sp³-hybridized carbons (Fsp3) is 0.300. The van der Waals surface area contributed by atoms with E-state index in [-0.39, 0.29) is 17.7 Å². The summed E-state index contributed by atoms with van der Waals surface area (Å²) in [6.45, 7) is 0. The maximum absolute atomic E-state index is 12.7. The molecule has 1 aliphatic carbocycles. The molecule has 1 fully saturated rings. The Hall–Kier alpha value is -2.14. The molecule has 3 rings (SSSR count). The van der Waals surface area contributed by atoms with Gasteiger partial charge in [0.15, 0.2) is 0 Å². The van der Waals surface area contributed by atoms with Crippen LogP contribution in [-0.4, -0.2) is 11.8 Å². The van der Waals surface area contributed by atoms with E-state index in [1.807, 2.05) is 30.3 Å². The summed E-state index contributed by atoms with van der Waals surface area (Å²) in [5.41, 5.74) is 1.71. The molecule has 2 N–H and O–H groups in total. The van der Waals surface area contributed by atoms with Gasteiger partial charge in [0.1, 0.15) is 0 Å². The van der Waals surface area contributed by atoms with Crippen molar-refractivity contribution in [3.8, 4) is 0 Å². The standard InChI is InChI=1S/C20H21BrN2O2/c21-16-11-5-7-13-18(16)23-20(25)15-10-4-6-12-17(15)22-19(24)14-8-2-1-3-9-14/h4-7,10-14H,1-3,8-9H2,(H,22,24)(H,23,25). The summed E-state index contributed by atoms with van der Waals surface area (Å²) >= 11 is 3.42. The Bertz CT molecular complexity index is 770. The summed E-state index contributed by atoms with van der Waals surface area (Å²) in [4.78, 5) is 25.2. The number of hydrogen-bond acceptors (Lipinski definition) is 2. The topological polar surface area (TPSA) is 58.2 Å². The summed E-state index contributed by atoms with van der Waals surface area (Å²) in [5.74, 6) is -0.180. The van der Waals surface area contributed by atoms with Gasteiger partial charge in [-0.3, -0.25) is 9.59 Å².